The number of carbonyl (C=O) groups is 1. The number of hydrogen-bond acceptors (Lipinski definition) is 3. The normalized spacial score (nSPS) is 15.4. The molecular weight excluding hydrogens is 296 g/mol. The van der Waals surface area contributed by atoms with Crippen molar-refractivity contribution in [3.8, 4) is 11.3 Å². The van der Waals surface area contributed by atoms with Gasteiger partial charge in [-0.05, 0) is 25.1 Å². The third-order valence-electron chi connectivity index (χ3n) is 4.70. The second-order valence-electron chi connectivity index (χ2n) is 6.65. The van der Waals surface area contributed by atoms with Gasteiger partial charge in [0.25, 0.3) is 0 Å². The number of para-hydroxylation sites is 1. The Labute approximate surface area is 141 Å². The summed E-state index contributed by atoms with van der Waals surface area (Å²) in [5.74, 6) is 0.707. The van der Waals surface area contributed by atoms with E-state index in [0.29, 0.717) is 12.3 Å². The van der Waals surface area contributed by atoms with Crippen LogP contribution >= 0.6 is 0 Å². The molecule has 0 atom stereocenters. The number of benzene rings is 2. The number of ketones is 1. The highest BCUT2D eigenvalue weighted by Crippen LogP contribution is 2.27. The molecule has 3 aromatic rings. The van der Waals surface area contributed by atoms with E-state index in [9.17, 15) is 4.79 Å². The first kappa shape index (κ1) is 15.0. The predicted molar refractivity (Wildman–Crippen MR) is 97.1 cm³/mol. The summed E-state index contributed by atoms with van der Waals surface area (Å²) in [4.78, 5) is 19.9. The van der Waals surface area contributed by atoms with Gasteiger partial charge in [-0.2, -0.15) is 0 Å². The van der Waals surface area contributed by atoms with Gasteiger partial charge in [-0.1, -0.05) is 48.5 Å². The lowest BCUT2D eigenvalue weighted by atomic mass is 9.90. The van der Waals surface area contributed by atoms with Crippen LogP contribution in [-0.2, 0) is 0 Å². The van der Waals surface area contributed by atoms with Crippen LogP contribution in [0.2, 0.25) is 0 Å². The second kappa shape index (κ2) is 6.17. The second-order valence-corrected chi connectivity index (χ2v) is 6.65. The molecule has 1 aromatic heterocycles. The van der Waals surface area contributed by atoms with Crippen LogP contribution in [-0.4, -0.2) is 35.8 Å². The zero-order valence-corrected chi connectivity index (χ0v) is 13.8. The van der Waals surface area contributed by atoms with Crippen LogP contribution in [0.4, 0.5) is 0 Å². The Morgan fingerprint density at radius 2 is 1.79 bits per heavy atom. The Morgan fingerprint density at radius 3 is 2.54 bits per heavy atom. The maximum Gasteiger partial charge on any atom is 0.164 e. The van der Waals surface area contributed by atoms with Gasteiger partial charge in [0, 0.05) is 36.0 Å². The highest BCUT2D eigenvalue weighted by atomic mass is 16.1. The predicted octanol–water partition coefficient (Wildman–Crippen LogP) is 4.04. The summed E-state index contributed by atoms with van der Waals surface area (Å²) >= 11 is 0. The summed E-state index contributed by atoms with van der Waals surface area (Å²) in [6.45, 7) is 2.03. The van der Waals surface area contributed by atoms with Crippen molar-refractivity contribution >= 4 is 16.7 Å². The molecule has 2 aromatic carbocycles. The third-order valence-corrected chi connectivity index (χ3v) is 4.70. The molecule has 3 heteroatoms. The fourth-order valence-corrected chi connectivity index (χ4v) is 3.49. The molecule has 24 heavy (non-hydrogen) atoms. The zero-order valence-electron chi connectivity index (χ0n) is 13.8. The largest absolute Gasteiger partial charge is 0.306 e. The standard InChI is InChI=1S/C21H20N2O/c1-23-13-15(14-23)11-21(24)18-12-20(16-7-3-2-4-8-16)22-19-10-6-5-9-17(18)19/h2-10,12,15H,11,13-14H2,1H3. The molecule has 0 amide bonds. The number of nitrogens with zero attached hydrogens (tertiary/aromatic N) is 2. The number of aromatic nitrogens is 1. The van der Waals surface area contributed by atoms with Crippen LogP contribution in [0.15, 0.2) is 60.7 Å². The van der Waals surface area contributed by atoms with Crippen LogP contribution in [0.5, 0.6) is 0 Å². The van der Waals surface area contributed by atoms with E-state index in [4.69, 9.17) is 4.98 Å². The summed E-state index contributed by atoms with van der Waals surface area (Å²) < 4.78 is 0. The number of rotatable bonds is 4. The maximum absolute atomic E-state index is 12.9. The van der Waals surface area contributed by atoms with Gasteiger partial charge >= 0.3 is 0 Å². The fourth-order valence-electron chi connectivity index (χ4n) is 3.49. The molecule has 1 fully saturated rings. The van der Waals surface area contributed by atoms with Gasteiger partial charge in [0.1, 0.15) is 0 Å². The van der Waals surface area contributed by atoms with Crippen molar-refractivity contribution in [2.45, 2.75) is 6.42 Å². The molecule has 1 aliphatic heterocycles. The van der Waals surface area contributed by atoms with E-state index in [1.165, 1.54) is 0 Å². The minimum absolute atomic E-state index is 0.226. The molecule has 0 unspecified atom stereocenters. The quantitative estimate of drug-likeness (QED) is 0.681. The summed E-state index contributed by atoms with van der Waals surface area (Å²) in [5.41, 5.74) is 3.59. The molecule has 0 N–H and O–H groups in total. The Hall–Kier alpha value is -2.52. The molecule has 0 spiro atoms. The van der Waals surface area contributed by atoms with Crippen molar-refractivity contribution in [2.24, 2.45) is 5.92 Å². The number of pyridine rings is 1. The van der Waals surface area contributed by atoms with E-state index in [1.807, 2.05) is 60.7 Å². The Bertz CT molecular complexity index is 883. The van der Waals surface area contributed by atoms with E-state index in [2.05, 4.69) is 11.9 Å². The fraction of sp³-hybridized carbons (Fsp3) is 0.238. The maximum atomic E-state index is 12.9. The average Bonchev–Trinajstić information content (AvgIpc) is 2.60. The number of hydrogen-bond donors (Lipinski definition) is 0. The first-order chi connectivity index (χ1) is 11.7. The highest BCUT2D eigenvalue weighted by Gasteiger charge is 2.26. The van der Waals surface area contributed by atoms with Gasteiger partial charge in [-0.3, -0.25) is 4.79 Å². The van der Waals surface area contributed by atoms with Crippen LogP contribution in [0.1, 0.15) is 16.8 Å². The molecule has 0 aliphatic carbocycles. The molecule has 4 rings (SSSR count). The van der Waals surface area contributed by atoms with E-state index >= 15 is 0 Å². The summed E-state index contributed by atoms with van der Waals surface area (Å²) in [6, 6.07) is 19.9. The minimum Gasteiger partial charge on any atom is -0.306 e. The van der Waals surface area contributed by atoms with Crippen molar-refractivity contribution in [2.75, 3.05) is 20.1 Å². The molecule has 3 nitrogen and oxygen atoms in total. The molecular formula is C21H20N2O. The smallest absolute Gasteiger partial charge is 0.164 e. The SMILES string of the molecule is CN1CC(CC(=O)c2cc(-c3ccccc3)nc3ccccc23)C1. The number of likely N-dealkylation sites (tertiary alicyclic amines) is 1. The minimum atomic E-state index is 0.226. The molecule has 1 saturated heterocycles. The molecule has 0 bridgehead atoms. The number of carbonyl (C=O) groups excluding carboxylic acids is 1. The summed E-state index contributed by atoms with van der Waals surface area (Å²) in [5, 5.41) is 0.954. The zero-order chi connectivity index (χ0) is 16.5. The van der Waals surface area contributed by atoms with Gasteiger partial charge in [-0.25, -0.2) is 4.98 Å². The Kier molecular flexibility index (Phi) is 3.87. The average molecular weight is 316 g/mol. The van der Waals surface area contributed by atoms with Crippen molar-refractivity contribution in [1.29, 1.82) is 0 Å². The van der Waals surface area contributed by atoms with Crippen LogP contribution in [0, 0.1) is 5.92 Å². The molecule has 0 saturated carbocycles. The van der Waals surface area contributed by atoms with E-state index in [-0.39, 0.29) is 5.78 Å². The number of fused-ring (bicyclic) bond motifs is 1. The van der Waals surface area contributed by atoms with Crippen molar-refractivity contribution in [1.82, 2.24) is 9.88 Å². The van der Waals surface area contributed by atoms with Gasteiger partial charge in [0.05, 0.1) is 11.2 Å². The number of Topliss-reactive ketones (excluding diaryl/α,β-unsaturated/α-hetero) is 1. The topological polar surface area (TPSA) is 33.2 Å². The van der Waals surface area contributed by atoms with Crippen molar-refractivity contribution in [3.63, 3.8) is 0 Å². The first-order valence-electron chi connectivity index (χ1n) is 8.37. The highest BCUT2D eigenvalue weighted by molar-refractivity contribution is 6.08. The molecule has 0 radical (unpaired) electrons. The summed E-state index contributed by atoms with van der Waals surface area (Å²) in [6.07, 6.45) is 0.618. The van der Waals surface area contributed by atoms with Crippen molar-refractivity contribution in [3.05, 3.63) is 66.2 Å². The Balaban J connectivity index is 1.76. The van der Waals surface area contributed by atoms with Crippen LogP contribution in [0.25, 0.3) is 22.2 Å². The van der Waals surface area contributed by atoms with Gasteiger partial charge in [0.2, 0.25) is 0 Å². The van der Waals surface area contributed by atoms with Crippen LogP contribution in [0.3, 0.4) is 0 Å². The molecule has 2 heterocycles. The lowest BCUT2D eigenvalue weighted by Crippen LogP contribution is -2.44. The van der Waals surface area contributed by atoms with Gasteiger partial charge in [-0.15, -0.1) is 0 Å². The third kappa shape index (κ3) is 2.83. The van der Waals surface area contributed by atoms with Gasteiger partial charge in [0.15, 0.2) is 5.78 Å². The first-order valence-corrected chi connectivity index (χ1v) is 8.37. The van der Waals surface area contributed by atoms with Gasteiger partial charge < -0.3 is 4.90 Å². The lowest BCUT2D eigenvalue weighted by molar-refractivity contribution is 0.0837. The monoisotopic (exact) mass is 316 g/mol. The molecule has 1 aliphatic rings. The van der Waals surface area contributed by atoms with E-state index < -0.39 is 0 Å². The summed E-state index contributed by atoms with van der Waals surface area (Å²) in [7, 11) is 2.09. The van der Waals surface area contributed by atoms with E-state index in [1.54, 1.807) is 0 Å². The van der Waals surface area contributed by atoms with E-state index in [0.717, 1.165) is 40.8 Å². The Morgan fingerprint density at radius 1 is 1.08 bits per heavy atom. The molecule has 120 valence electrons. The lowest BCUT2D eigenvalue weighted by Gasteiger charge is -2.35. The van der Waals surface area contributed by atoms with Crippen molar-refractivity contribution < 1.29 is 4.79 Å². The van der Waals surface area contributed by atoms with Crippen LogP contribution < -0.4 is 0 Å².